The Labute approximate surface area is 119 Å². The van der Waals surface area contributed by atoms with E-state index in [0.717, 1.165) is 31.0 Å². The molecule has 0 radical (unpaired) electrons. The van der Waals surface area contributed by atoms with E-state index in [0.29, 0.717) is 5.15 Å². The Morgan fingerprint density at radius 2 is 2.05 bits per heavy atom. The van der Waals surface area contributed by atoms with E-state index >= 15 is 0 Å². The van der Waals surface area contributed by atoms with Crippen LogP contribution in [0.3, 0.4) is 0 Å². The van der Waals surface area contributed by atoms with Crippen molar-refractivity contribution in [3.63, 3.8) is 0 Å². The quantitative estimate of drug-likeness (QED) is 0.815. The SMILES string of the molecule is CC(C)c1nc(Cl)cc(NCC2(CO)CCCC2)n1. The second-order valence-corrected chi connectivity index (χ2v) is 6.19. The highest BCUT2D eigenvalue weighted by Gasteiger charge is 2.33. The second kappa shape index (κ2) is 6.06. The summed E-state index contributed by atoms with van der Waals surface area (Å²) in [5.41, 5.74) is 0.00935. The highest BCUT2D eigenvalue weighted by molar-refractivity contribution is 6.29. The van der Waals surface area contributed by atoms with Crippen LogP contribution >= 0.6 is 11.6 Å². The molecular weight excluding hydrogens is 262 g/mol. The topological polar surface area (TPSA) is 58.0 Å². The molecule has 1 saturated carbocycles. The molecule has 0 unspecified atom stereocenters. The van der Waals surface area contributed by atoms with Gasteiger partial charge in [-0.1, -0.05) is 38.3 Å². The predicted molar refractivity (Wildman–Crippen MR) is 77.6 cm³/mol. The molecule has 1 aliphatic rings. The number of hydrogen-bond acceptors (Lipinski definition) is 4. The molecule has 0 spiro atoms. The first kappa shape index (κ1) is 14.5. The third-order valence-corrected chi connectivity index (χ3v) is 4.07. The summed E-state index contributed by atoms with van der Waals surface area (Å²) in [6.07, 6.45) is 4.55. The zero-order valence-corrected chi connectivity index (χ0v) is 12.4. The smallest absolute Gasteiger partial charge is 0.135 e. The molecule has 1 heterocycles. The molecule has 2 rings (SSSR count). The van der Waals surface area contributed by atoms with Gasteiger partial charge in [0.05, 0.1) is 6.61 Å². The number of halogens is 1. The Kier molecular flexibility index (Phi) is 4.63. The average Bonchev–Trinajstić information content (AvgIpc) is 2.85. The van der Waals surface area contributed by atoms with Gasteiger partial charge in [-0.05, 0) is 12.8 Å². The Bertz CT molecular complexity index is 431. The lowest BCUT2D eigenvalue weighted by molar-refractivity contribution is 0.142. The third-order valence-electron chi connectivity index (χ3n) is 3.87. The Morgan fingerprint density at radius 3 is 2.63 bits per heavy atom. The molecule has 1 aromatic heterocycles. The van der Waals surface area contributed by atoms with E-state index in [9.17, 15) is 5.11 Å². The summed E-state index contributed by atoms with van der Waals surface area (Å²) in [7, 11) is 0. The van der Waals surface area contributed by atoms with Crippen molar-refractivity contribution in [2.75, 3.05) is 18.5 Å². The van der Waals surface area contributed by atoms with Gasteiger partial charge in [-0.3, -0.25) is 0 Å². The molecular formula is C14H22ClN3O. The van der Waals surface area contributed by atoms with Crippen molar-refractivity contribution in [3.8, 4) is 0 Å². The number of nitrogens with one attached hydrogen (secondary N) is 1. The molecule has 0 saturated heterocycles. The molecule has 5 heteroatoms. The highest BCUT2D eigenvalue weighted by Crippen LogP contribution is 2.37. The van der Waals surface area contributed by atoms with Crippen LogP contribution in [-0.4, -0.2) is 28.2 Å². The summed E-state index contributed by atoms with van der Waals surface area (Å²) in [5, 5.41) is 13.4. The van der Waals surface area contributed by atoms with Gasteiger partial charge in [-0.15, -0.1) is 0 Å². The summed E-state index contributed by atoms with van der Waals surface area (Å²) >= 11 is 6.02. The Morgan fingerprint density at radius 1 is 1.37 bits per heavy atom. The molecule has 2 N–H and O–H groups in total. The lowest BCUT2D eigenvalue weighted by Crippen LogP contribution is -2.30. The summed E-state index contributed by atoms with van der Waals surface area (Å²) in [6, 6.07) is 1.74. The maximum absolute atomic E-state index is 9.59. The van der Waals surface area contributed by atoms with Crippen LogP contribution in [0.25, 0.3) is 0 Å². The van der Waals surface area contributed by atoms with Gasteiger partial charge in [0.15, 0.2) is 0 Å². The molecule has 1 aromatic rings. The monoisotopic (exact) mass is 283 g/mol. The van der Waals surface area contributed by atoms with Crippen molar-refractivity contribution in [1.82, 2.24) is 9.97 Å². The molecule has 0 aliphatic heterocycles. The fourth-order valence-electron chi connectivity index (χ4n) is 2.58. The van der Waals surface area contributed by atoms with Gasteiger partial charge in [0, 0.05) is 23.9 Å². The van der Waals surface area contributed by atoms with E-state index in [-0.39, 0.29) is 17.9 Å². The summed E-state index contributed by atoms with van der Waals surface area (Å²) in [6.45, 7) is 5.06. The molecule has 1 fully saturated rings. The van der Waals surface area contributed by atoms with Gasteiger partial charge in [0.1, 0.15) is 16.8 Å². The van der Waals surface area contributed by atoms with E-state index in [1.807, 2.05) is 13.8 Å². The highest BCUT2D eigenvalue weighted by atomic mass is 35.5. The molecule has 4 nitrogen and oxygen atoms in total. The van der Waals surface area contributed by atoms with E-state index in [2.05, 4.69) is 15.3 Å². The number of anilines is 1. The Hall–Kier alpha value is -0.870. The van der Waals surface area contributed by atoms with Crippen molar-refractivity contribution >= 4 is 17.4 Å². The number of rotatable bonds is 5. The van der Waals surface area contributed by atoms with Gasteiger partial charge in [0.25, 0.3) is 0 Å². The van der Waals surface area contributed by atoms with Crippen LogP contribution in [0, 0.1) is 5.41 Å². The molecule has 0 bridgehead atoms. The molecule has 19 heavy (non-hydrogen) atoms. The second-order valence-electron chi connectivity index (χ2n) is 5.81. The standard InChI is InChI=1S/C14H22ClN3O/c1-10(2)13-17-11(15)7-12(18-13)16-8-14(9-19)5-3-4-6-14/h7,10,19H,3-6,8-9H2,1-2H3,(H,16,17,18). The van der Waals surface area contributed by atoms with Gasteiger partial charge in [-0.2, -0.15) is 0 Å². The molecule has 1 aliphatic carbocycles. The van der Waals surface area contributed by atoms with Crippen LogP contribution in [0.4, 0.5) is 5.82 Å². The van der Waals surface area contributed by atoms with Crippen molar-refractivity contribution in [2.24, 2.45) is 5.41 Å². The first-order chi connectivity index (χ1) is 9.04. The van der Waals surface area contributed by atoms with Crippen molar-refractivity contribution < 1.29 is 5.11 Å². The zero-order valence-electron chi connectivity index (χ0n) is 11.6. The molecule has 0 atom stereocenters. The van der Waals surface area contributed by atoms with Gasteiger partial charge < -0.3 is 10.4 Å². The minimum atomic E-state index is 0.00935. The van der Waals surface area contributed by atoms with Gasteiger partial charge in [-0.25, -0.2) is 9.97 Å². The maximum atomic E-state index is 9.59. The van der Waals surface area contributed by atoms with Crippen molar-refractivity contribution in [2.45, 2.75) is 45.4 Å². The normalized spacial score (nSPS) is 17.9. The lowest BCUT2D eigenvalue weighted by atomic mass is 9.87. The predicted octanol–water partition coefficient (Wildman–Crippen LogP) is 3.22. The number of nitrogens with zero attached hydrogens (tertiary/aromatic N) is 2. The molecule has 0 aromatic carbocycles. The third kappa shape index (κ3) is 3.57. The van der Waals surface area contributed by atoms with Crippen LogP contribution in [0.2, 0.25) is 5.15 Å². The van der Waals surface area contributed by atoms with Crippen LogP contribution in [0.15, 0.2) is 6.07 Å². The number of aliphatic hydroxyl groups is 1. The average molecular weight is 284 g/mol. The minimum absolute atomic E-state index is 0.00935. The fraction of sp³-hybridized carbons (Fsp3) is 0.714. The van der Waals surface area contributed by atoms with Crippen LogP contribution < -0.4 is 5.32 Å². The van der Waals surface area contributed by atoms with E-state index < -0.39 is 0 Å². The van der Waals surface area contributed by atoms with E-state index in [1.165, 1.54) is 12.8 Å². The van der Waals surface area contributed by atoms with Gasteiger partial charge in [0.2, 0.25) is 0 Å². The largest absolute Gasteiger partial charge is 0.396 e. The first-order valence-corrected chi connectivity index (χ1v) is 7.32. The summed E-state index contributed by atoms with van der Waals surface area (Å²) in [4.78, 5) is 8.69. The van der Waals surface area contributed by atoms with Crippen molar-refractivity contribution in [1.29, 1.82) is 0 Å². The van der Waals surface area contributed by atoms with Gasteiger partial charge >= 0.3 is 0 Å². The molecule has 106 valence electrons. The first-order valence-electron chi connectivity index (χ1n) is 6.94. The lowest BCUT2D eigenvalue weighted by Gasteiger charge is -2.27. The zero-order chi connectivity index (χ0) is 13.9. The van der Waals surface area contributed by atoms with E-state index in [1.54, 1.807) is 6.07 Å². The number of aromatic nitrogens is 2. The van der Waals surface area contributed by atoms with Crippen molar-refractivity contribution in [3.05, 3.63) is 17.0 Å². The van der Waals surface area contributed by atoms with E-state index in [4.69, 9.17) is 11.6 Å². The Balaban J connectivity index is 2.06. The van der Waals surface area contributed by atoms with Crippen LogP contribution in [0.5, 0.6) is 0 Å². The van der Waals surface area contributed by atoms with Crippen LogP contribution in [0.1, 0.15) is 51.3 Å². The minimum Gasteiger partial charge on any atom is -0.396 e. The molecule has 0 amide bonds. The summed E-state index contributed by atoms with van der Waals surface area (Å²) < 4.78 is 0. The fourth-order valence-corrected chi connectivity index (χ4v) is 2.77. The number of aliphatic hydroxyl groups excluding tert-OH is 1. The maximum Gasteiger partial charge on any atom is 0.135 e. The number of hydrogen-bond donors (Lipinski definition) is 2. The van der Waals surface area contributed by atoms with Crippen LogP contribution in [-0.2, 0) is 0 Å². The summed E-state index contributed by atoms with van der Waals surface area (Å²) in [5.74, 6) is 1.75.